The number of hydrogen-bond acceptors (Lipinski definition) is 5. The largest absolute Gasteiger partial charge is 0.481 e. The number of nitrogens with one attached hydrogen (secondary N) is 1. The molecule has 0 aromatic heterocycles. The molecule has 2 aromatic carbocycles. The number of carboxylic acid groups (broad SMARTS) is 1. The van der Waals surface area contributed by atoms with E-state index in [9.17, 15) is 14.4 Å². The zero-order valence-corrected chi connectivity index (χ0v) is 19.8. The Morgan fingerprint density at radius 3 is 2.37 bits per heavy atom. The van der Waals surface area contributed by atoms with Crippen molar-refractivity contribution < 1.29 is 29.0 Å². The monoisotopic (exact) mass is 480 g/mol. The fraction of sp³-hybridized carbons (Fsp3) is 0.444. The Balaban J connectivity index is 1.14. The van der Waals surface area contributed by atoms with Crippen molar-refractivity contribution in [3.63, 3.8) is 0 Å². The second-order valence-corrected chi connectivity index (χ2v) is 8.98. The van der Waals surface area contributed by atoms with Crippen molar-refractivity contribution >= 4 is 18.0 Å². The molecule has 1 saturated heterocycles. The number of morpholine rings is 1. The highest BCUT2D eigenvalue weighted by molar-refractivity contribution is 5.79. The van der Waals surface area contributed by atoms with E-state index in [1.54, 1.807) is 4.90 Å². The number of alkyl carbamates (subject to hydrolysis) is 1. The summed E-state index contributed by atoms with van der Waals surface area (Å²) >= 11 is 0. The Labute approximate surface area is 205 Å². The molecule has 186 valence electrons. The molecule has 1 heterocycles. The minimum Gasteiger partial charge on any atom is -0.481 e. The van der Waals surface area contributed by atoms with Crippen LogP contribution in [0.15, 0.2) is 48.5 Å². The highest BCUT2D eigenvalue weighted by Crippen LogP contribution is 2.44. The van der Waals surface area contributed by atoms with E-state index in [1.807, 2.05) is 24.3 Å². The number of benzene rings is 2. The van der Waals surface area contributed by atoms with Crippen LogP contribution in [-0.2, 0) is 19.1 Å². The average Bonchev–Trinajstić information content (AvgIpc) is 3.18. The van der Waals surface area contributed by atoms with Gasteiger partial charge in [-0.2, -0.15) is 0 Å². The molecule has 8 heteroatoms. The van der Waals surface area contributed by atoms with Crippen LogP contribution in [0.5, 0.6) is 0 Å². The van der Waals surface area contributed by atoms with Crippen molar-refractivity contribution in [3.8, 4) is 11.1 Å². The summed E-state index contributed by atoms with van der Waals surface area (Å²) in [6.07, 6.45) is 2.02. The SMILES string of the molecule is O=C(O)CC1COCCN1C(=O)CCCCCNC(=O)OCC1c2ccccc2-c2ccccc21. The summed E-state index contributed by atoms with van der Waals surface area (Å²) in [6, 6.07) is 16.0. The van der Waals surface area contributed by atoms with Crippen LogP contribution in [0.2, 0.25) is 0 Å². The van der Waals surface area contributed by atoms with E-state index >= 15 is 0 Å². The number of rotatable bonds is 10. The number of nitrogens with zero attached hydrogens (tertiary/aromatic N) is 1. The average molecular weight is 481 g/mol. The second kappa shape index (κ2) is 11.8. The summed E-state index contributed by atoms with van der Waals surface area (Å²) in [5, 5.41) is 11.8. The van der Waals surface area contributed by atoms with Gasteiger partial charge in [0.25, 0.3) is 0 Å². The number of carboxylic acids is 1. The highest BCUT2D eigenvalue weighted by Gasteiger charge is 2.30. The summed E-state index contributed by atoms with van der Waals surface area (Å²) in [4.78, 5) is 37.4. The normalized spacial score (nSPS) is 16.9. The lowest BCUT2D eigenvalue weighted by molar-refractivity contribution is -0.146. The standard InChI is InChI=1S/C27H32N2O6/c30-25(29-14-15-34-17-19(29)16-26(31)32)12-2-1-7-13-28-27(33)35-18-24-22-10-5-3-8-20(22)21-9-4-6-11-23(21)24/h3-6,8-11,19,24H,1-2,7,12-18H2,(H,28,33)(H,31,32). The van der Waals surface area contributed by atoms with Crippen molar-refractivity contribution in [3.05, 3.63) is 59.7 Å². The van der Waals surface area contributed by atoms with Crippen molar-refractivity contribution in [1.82, 2.24) is 10.2 Å². The first-order valence-corrected chi connectivity index (χ1v) is 12.2. The van der Waals surface area contributed by atoms with Crippen molar-refractivity contribution in [2.45, 2.75) is 44.1 Å². The molecule has 8 nitrogen and oxygen atoms in total. The maximum absolute atomic E-state index is 12.5. The van der Waals surface area contributed by atoms with Gasteiger partial charge in [-0.25, -0.2) is 4.79 Å². The molecule has 1 unspecified atom stereocenters. The van der Waals surface area contributed by atoms with Gasteiger partial charge in [0.05, 0.1) is 25.7 Å². The van der Waals surface area contributed by atoms with Gasteiger partial charge in [-0.05, 0) is 35.1 Å². The zero-order chi connectivity index (χ0) is 24.6. The van der Waals surface area contributed by atoms with Gasteiger partial charge in [0, 0.05) is 25.4 Å². The molecule has 1 aliphatic carbocycles. The van der Waals surface area contributed by atoms with Crippen molar-refractivity contribution in [2.75, 3.05) is 32.9 Å². The van der Waals surface area contributed by atoms with Crippen LogP contribution in [0.25, 0.3) is 11.1 Å². The Morgan fingerprint density at radius 1 is 1.00 bits per heavy atom. The third-order valence-corrected chi connectivity index (χ3v) is 6.64. The quantitative estimate of drug-likeness (QED) is 0.502. The summed E-state index contributed by atoms with van der Waals surface area (Å²) in [6.45, 7) is 1.89. The Morgan fingerprint density at radius 2 is 1.69 bits per heavy atom. The van der Waals surface area contributed by atoms with E-state index in [-0.39, 0.29) is 31.5 Å². The fourth-order valence-corrected chi connectivity index (χ4v) is 4.92. The Bertz CT molecular complexity index is 1010. The smallest absolute Gasteiger partial charge is 0.407 e. The molecule has 0 spiro atoms. The van der Waals surface area contributed by atoms with E-state index in [4.69, 9.17) is 14.6 Å². The molecule has 2 amide bonds. The van der Waals surface area contributed by atoms with Crippen LogP contribution in [-0.4, -0.2) is 66.9 Å². The van der Waals surface area contributed by atoms with E-state index in [0.717, 1.165) is 12.8 Å². The summed E-state index contributed by atoms with van der Waals surface area (Å²) in [5.41, 5.74) is 4.74. The lowest BCUT2D eigenvalue weighted by Crippen LogP contribution is -2.49. The molecule has 0 bridgehead atoms. The maximum Gasteiger partial charge on any atom is 0.407 e. The third kappa shape index (κ3) is 6.19. The molecular weight excluding hydrogens is 448 g/mol. The summed E-state index contributed by atoms with van der Waals surface area (Å²) in [5.74, 6) is -0.939. The van der Waals surface area contributed by atoms with Crippen molar-refractivity contribution in [1.29, 1.82) is 0 Å². The number of ether oxygens (including phenoxy) is 2. The van der Waals surface area contributed by atoms with Crippen LogP contribution < -0.4 is 5.32 Å². The summed E-state index contributed by atoms with van der Waals surface area (Å²) < 4.78 is 10.9. The van der Waals surface area contributed by atoms with Gasteiger partial charge in [-0.1, -0.05) is 55.0 Å². The third-order valence-electron chi connectivity index (χ3n) is 6.64. The number of carbonyl (C=O) groups excluding carboxylic acids is 2. The molecule has 2 aliphatic rings. The number of hydrogen-bond donors (Lipinski definition) is 2. The first-order chi connectivity index (χ1) is 17.0. The zero-order valence-electron chi connectivity index (χ0n) is 19.8. The first-order valence-electron chi connectivity index (χ1n) is 12.2. The minimum atomic E-state index is -0.933. The molecule has 1 atom stereocenters. The molecule has 1 aliphatic heterocycles. The number of aliphatic carboxylic acids is 1. The molecule has 2 N–H and O–H groups in total. The van der Waals surface area contributed by atoms with Gasteiger partial charge >= 0.3 is 12.1 Å². The van der Waals surface area contributed by atoms with Crippen LogP contribution in [0.4, 0.5) is 4.79 Å². The second-order valence-electron chi connectivity index (χ2n) is 8.98. The van der Waals surface area contributed by atoms with E-state index in [2.05, 4.69) is 29.6 Å². The Kier molecular flexibility index (Phi) is 8.36. The topological polar surface area (TPSA) is 105 Å². The molecule has 0 saturated carbocycles. The van der Waals surface area contributed by atoms with E-state index in [1.165, 1.54) is 22.3 Å². The molecule has 2 aromatic rings. The maximum atomic E-state index is 12.5. The van der Waals surface area contributed by atoms with E-state index in [0.29, 0.717) is 32.5 Å². The number of amides is 2. The molecule has 35 heavy (non-hydrogen) atoms. The number of unbranched alkanes of at least 4 members (excludes halogenated alkanes) is 2. The Hall–Kier alpha value is -3.39. The predicted octanol–water partition coefficient (Wildman–Crippen LogP) is 3.79. The molecule has 4 rings (SSSR count). The molecular formula is C27H32N2O6. The van der Waals surface area contributed by atoms with Gasteiger partial charge in [-0.15, -0.1) is 0 Å². The lowest BCUT2D eigenvalue weighted by Gasteiger charge is -2.35. The van der Waals surface area contributed by atoms with Crippen LogP contribution in [0.3, 0.4) is 0 Å². The fourth-order valence-electron chi connectivity index (χ4n) is 4.92. The predicted molar refractivity (Wildman–Crippen MR) is 130 cm³/mol. The van der Waals surface area contributed by atoms with Crippen LogP contribution in [0, 0.1) is 0 Å². The van der Waals surface area contributed by atoms with Gasteiger partial charge < -0.3 is 24.8 Å². The van der Waals surface area contributed by atoms with Crippen LogP contribution in [0.1, 0.15) is 49.1 Å². The van der Waals surface area contributed by atoms with E-state index < -0.39 is 18.1 Å². The highest BCUT2D eigenvalue weighted by atomic mass is 16.5. The van der Waals surface area contributed by atoms with Crippen LogP contribution >= 0.6 is 0 Å². The van der Waals surface area contributed by atoms with Gasteiger partial charge in [-0.3, -0.25) is 9.59 Å². The molecule has 1 fully saturated rings. The number of fused-ring (bicyclic) bond motifs is 3. The minimum absolute atomic E-state index is 0.0318. The molecule has 0 radical (unpaired) electrons. The van der Waals surface area contributed by atoms with Gasteiger partial charge in [0.1, 0.15) is 6.61 Å². The number of carbonyl (C=O) groups is 3. The van der Waals surface area contributed by atoms with Gasteiger partial charge in [0.2, 0.25) is 5.91 Å². The van der Waals surface area contributed by atoms with Gasteiger partial charge in [0.15, 0.2) is 0 Å². The first kappa shape index (κ1) is 24.7. The van der Waals surface area contributed by atoms with Crippen molar-refractivity contribution in [2.24, 2.45) is 0 Å². The summed E-state index contributed by atoms with van der Waals surface area (Å²) in [7, 11) is 0. The lowest BCUT2D eigenvalue weighted by atomic mass is 9.98.